The fraction of sp³-hybridized carbons (Fsp3) is 0.667. The molecule has 2 heterocycles. The number of thioether (sulfide) groups is 1. The lowest BCUT2D eigenvalue weighted by Gasteiger charge is -2.19. The van der Waals surface area contributed by atoms with Crippen LogP contribution in [0.3, 0.4) is 0 Å². The van der Waals surface area contributed by atoms with Crippen LogP contribution in [0.4, 0.5) is 0 Å². The summed E-state index contributed by atoms with van der Waals surface area (Å²) in [5, 5.41) is 3.81. The van der Waals surface area contributed by atoms with Crippen molar-refractivity contribution >= 4 is 11.8 Å². The molecule has 0 bridgehead atoms. The lowest BCUT2D eigenvalue weighted by Crippen LogP contribution is -2.10. The molecule has 0 saturated carbocycles. The Bertz CT molecular complexity index is 268. The normalized spacial score (nSPS) is 19.2. The minimum atomic E-state index is 0.544. The van der Waals surface area contributed by atoms with E-state index in [9.17, 15) is 0 Å². The molecule has 2 N–H and O–H groups in total. The minimum Gasteiger partial charge on any atom is -0.361 e. The molecule has 4 heteroatoms. The van der Waals surface area contributed by atoms with E-state index in [1.54, 1.807) is 6.20 Å². The monoisotopic (exact) mass is 198 g/mol. The first-order chi connectivity index (χ1) is 6.42. The van der Waals surface area contributed by atoms with Crippen LogP contribution in [-0.4, -0.2) is 16.7 Å². The third kappa shape index (κ3) is 1.89. The fourth-order valence-electron chi connectivity index (χ4n) is 1.72. The number of nitrogens with zero attached hydrogens (tertiary/aromatic N) is 1. The Labute approximate surface area is 82.0 Å². The second-order valence-corrected chi connectivity index (χ2v) is 4.53. The van der Waals surface area contributed by atoms with Crippen LogP contribution in [0, 0.1) is 0 Å². The van der Waals surface area contributed by atoms with Gasteiger partial charge in [-0.1, -0.05) is 5.16 Å². The van der Waals surface area contributed by atoms with E-state index in [2.05, 4.69) is 5.16 Å². The van der Waals surface area contributed by atoms with E-state index in [4.69, 9.17) is 10.3 Å². The van der Waals surface area contributed by atoms with Gasteiger partial charge < -0.3 is 10.3 Å². The minimum absolute atomic E-state index is 0.544. The van der Waals surface area contributed by atoms with Crippen molar-refractivity contribution in [2.45, 2.75) is 25.3 Å². The molecule has 0 unspecified atom stereocenters. The Morgan fingerprint density at radius 1 is 1.54 bits per heavy atom. The SMILES string of the molecule is NCc1cnoc1C1CCSCC1. The summed E-state index contributed by atoms with van der Waals surface area (Å²) in [5.41, 5.74) is 6.68. The van der Waals surface area contributed by atoms with E-state index in [0.29, 0.717) is 12.5 Å². The van der Waals surface area contributed by atoms with Crippen molar-refractivity contribution in [3.63, 3.8) is 0 Å². The quantitative estimate of drug-likeness (QED) is 0.786. The maximum Gasteiger partial charge on any atom is 0.144 e. The zero-order chi connectivity index (χ0) is 9.10. The predicted octanol–water partition coefficient (Wildman–Crippen LogP) is 1.74. The van der Waals surface area contributed by atoms with Crippen molar-refractivity contribution in [1.82, 2.24) is 5.16 Å². The molecule has 1 aromatic heterocycles. The highest BCUT2D eigenvalue weighted by Crippen LogP contribution is 2.32. The van der Waals surface area contributed by atoms with Crippen LogP contribution >= 0.6 is 11.8 Å². The van der Waals surface area contributed by atoms with Crippen LogP contribution in [0.2, 0.25) is 0 Å². The molecule has 0 atom stereocenters. The lowest BCUT2D eigenvalue weighted by atomic mass is 9.97. The average molecular weight is 198 g/mol. The van der Waals surface area contributed by atoms with Crippen LogP contribution in [0.1, 0.15) is 30.1 Å². The first-order valence-electron chi connectivity index (χ1n) is 4.63. The summed E-state index contributed by atoms with van der Waals surface area (Å²) in [6.45, 7) is 0.544. The molecular formula is C9H14N2OS. The standard InChI is InChI=1S/C9H14N2OS/c10-5-8-6-11-12-9(8)7-1-3-13-4-2-7/h6-7H,1-5,10H2. The van der Waals surface area contributed by atoms with Crippen molar-refractivity contribution in [2.75, 3.05) is 11.5 Å². The van der Waals surface area contributed by atoms with Gasteiger partial charge in [0.2, 0.25) is 0 Å². The zero-order valence-corrected chi connectivity index (χ0v) is 8.35. The molecule has 0 amide bonds. The van der Waals surface area contributed by atoms with Gasteiger partial charge in [0, 0.05) is 18.0 Å². The molecule has 3 nitrogen and oxygen atoms in total. The number of hydrogen-bond acceptors (Lipinski definition) is 4. The maximum atomic E-state index is 5.60. The van der Waals surface area contributed by atoms with Crippen LogP contribution < -0.4 is 5.73 Å². The average Bonchev–Trinajstić information content (AvgIpc) is 2.67. The number of aromatic nitrogens is 1. The Morgan fingerprint density at radius 2 is 2.31 bits per heavy atom. The largest absolute Gasteiger partial charge is 0.361 e. The molecule has 0 spiro atoms. The van der Waals surface area contributed by atoms with Gasteiger partial charge in [-0.15, -0.1) is 0 Å². The smallest absolute Gasteiger partial charge is 0.144 e. The Morgan fingerprint density at radius 3 is 3.00 bits per heavy atom. The third-order valence-corrected chi connectivity index (χ3v) is 3.54. The Hall–Kier alpha value is -0.480. The highest BCUT2D eigenvalue weighted by molar-refractivity contribution is 7.99. The first-order valence-corrected chi connectivity index (χ1v) is 5.78. The summed E-state index contributed by atoms with van der Waals surface area (Å²) < 4.78 is 5.26. The molecule has 1 aliphatic heterocycles. The van der Waals surface area contributed by atoms with Crippen molar-refractivity contribution in [2.24, 2.45) is 5.73 Å². The molecular weight excluding hydrogens is 184 g/mol. The number of hydrogen-bond donors (Lipinski definition) is 1. The molecule has 1 aromatic rings. The van der Waals surface area contributed by atoms with E-state index in [1.165, 1.54) is 24.3 Å². The van der Waals surface area contributed by atoms with Crippen LogP contribution in [0.25, 0.3) is 0 Å². The van der Waals surface area contributed by atoms with Gasteiger partial charge in [-0.2, -0.15) is 11.8 Å². The lowest BCUT2D eigenvalue weighted by molar-refractivity contribution is 0.350. The van der Waals surface area contributed by atoms with Gasteiger partial charge in [0.1, 0.15) is 5.76 Å². The molecule has 1 aliphatic rings. The molecule has 0 aliphatic carbocycles. The zero-order valence-electron chi connectivity index (χ0n) is 7.53. The van der Waals surface area contributed by atoms with E-state index in [-0.39, 0.29) is 0 Å². The topological polar surface area (TPSA) is 52.0 Å². The van der Waals surface area contributed by atoms with Gasteiger partial charge in [-0.3, -0.25) is 0 Å². The second kappa shape index (κ2) is 4.15. The summed E-state index contributed by atoms with van der Waals surface area (Å²) in [4.78, 5) is 0. The van der Waals surface area contributed by atoms with Gasteiger partial charge >= 0.3 is 0 Å². The molecule has 2 rings (SSSR count). The number of nitrogens with two attached hydrogens (primary N) is 1. The Kier molecular flexibility index (Phi) is 2.90. The van der Waals surface area contributed by atoms with Crippen molar-refractivity contribution in [1.29, 1.82) is 0 Å². The molecule has 1 saturated heterocycles. The highest BCUT2D eigenvalue weighted by atomic mass is 32.2. The first kappa shape index (κ1) is 9.09. The Balaban J connectivity index is 2.13. The van der Waals surface area contributed by atoms with Gasteiger partial charge in [0.05, 0.1) is 6.20 Å². The molecule has 0 aromatic carbocycles. The maximum absolute atomic E-state index is 5.60. The van der Waals surface area contributed by atoms with Crippen molar-refractivity contribution in [3.05, 3.63) is 17.5 Å². The highest BCUT2D eigenvalue weighted by Gasteiger charge is 2.21. The van der Waals surface area contributed by atoms with E-state index in [1.807, 2.05) is 11.8 Å². The summed E-state index contributed by atoms with van der Waals surface area (Å²) >= 11 is 2.02. The van der Waals surface area contributed by atoms with Gasteiger partial charge in [0.25, 0.3) is 0 Å². The summed E-state index contributed by atoms with van der Waals surface area (Å²) in [5.74, 6) is 4.05. The van der Waals surface area contributed by atoms with Crippen molar-refractivity contribution < 1.29 is 4.52 Å². The molecule has 0 radical (unpaired) electrons. The van der Waals surface area contributed by atoms with Crippen LogP contribution in [0.15, 0.2) is 10.7 Å². The molecule has 72 valence electrons. The predicted molar refractivity (Wildman–Crippen MR) is 53.7 cm³/mol. The summed E-state index contributed by atoms with van der Waals surface area (Å²) in [7, 11) is 0. The van der Waals surface area contributed by atoms with Crippen LogP contribution in [-0.2, 0) is 6.54 Å². The number of rotatable bonds is 2. The fourth-order valence-corrected chi connectivity index (χ4v) is 2.83. The molecule has 1 fully saturated rings. The van der Waals surface area contributed by atoms with Crippen LogP contribution in [0.5, 0.6) is 0 Å². The van der Waals surface area contributed by atoms with E-state index >= 15 is 0 Å². The van der Waals surface area contributed by atoms with Crippen molar-refractivity contribution in [3.8, 4) is 0 Å². The summed E-state index contributed by atoms with van der Waals surface area (Å²) in [6, 6.07) is 0. The molecule has 13 heavy (non-hydrogen) atoms. The van der Waals surface area contributed by atoms with E-state index in [0.717, 1.165) is 11.3 Å². The van der Waals surface area contributed by atoms with E-state index < -0.39 is 0 Å². The second-order valence-electron chi connectivity index (χ2n) is 3.31. The summed E-state index contributed by atoms with van der Waals surface area (Å²) in [6.07, 6.45) is 4.15. The third-order valence-electron chi connectivity index (χ3n) is 2.49. The van der Waals surface area contributed by atoms with Gasteiger partial charge in [-0.05, 0) is 24.3 Å². The van der Waals surface area contributed by atoms with Gasteiger partial charge in [0.15, 0.2) is 0 Å². The van der Waals surface area contributed by atoms with Gasteiger partial charge in [-0.25, -0.2) is 0 Å².